The molecule has 4 aromatic carbocycles. The number of hydrogen-bond acceptors (Lipinski definition) is 11. The number of piperazine rings is 1. The lowest BCUT2D eigenvalue weighted by molar-refractivity contribution is -0.147. The zero-order chi connectivity index (χ0) is 57.0. The zero-order valence-corrected chi connectivity index (χ0v) is 51.4. The van der Waals surface area contributed by atoms with Crippen LogP contribution in [0.25, 0.3) is 0 Å². The van der Waals surface area contributed by atoms with Gasteiger partial charge in [-0.1, -0.05) is 75.4 Å². The number of morpholine rings is 1. The van der Waals surface area contributed by atoms with Gasteiger partial charge >= 0.3 is 0 Å². The number of fused-ring (bicyclic) bond motifs is 3. The highest BCUT2D eigenvalue weighted by Crippen LogP contribution is 2.42. The van der Waals surface area contributed by atoms with Crippen LogP contribution in [-0.2, 0) is 64.7 Å². The van der Waals surface area contributed by atoms with Crippen LogP contribution in [0.4, 0.5) is 15.8 Å². The molecule has 2 saturated heterocycles. The number of nitrogens with one attached hydrogen (secondary N) is 6. The molecule has 5 aliphatic rings. The predicted octanol–water partition coefficient (Wildman–Crippen LogP) is 6.01. The van der Waals surface area contributed by atoms with Gasteiger partial charge in [0.15, 0.2) is 0 Å². The fourth-order valence-electron chi connectivity index (χ4n) is 12.2. The van der Waals surface area contributed by atoms with Crippen LogP contribution in [0, 0.1) is 11.2 Å². The van der Waals surface area contributed by atoms with Gasteiger partial charge in [-0.15, -0.1) is 37.2 Å². The summed E-state index contributed by atoms with van der Waals surface area (Å²) < 4.78 is 19.6. The summed E-state index contributed by atoms with van der Waals surface area (Å²) in [4.78, 5) is 94.1. The summed E-state index contributed by atoms with van der Waals surface area (Å²) in [5, 5.41) is 18.6. The number of benzene rings is 4. The van der Waals surface area contributed by atoms with E-state index in [0.717, 1.165) is 66.7 Å². The van der Waals surface area contributed by atoms with Crippen LogP contribution >= 0.6 is 37.2 Å². The van der Waals surface area contributed by atoms with Crippen LogP contribution in [0.5, 0.6) is 0 Å². The number of carbonyl (C=O) groups excluding carboxylic acids is 6. The van der Waals surface area contributed by atoms with Gasteiger partial charge in [-0.05, 0) is 135 Å². The number of aryl methyl sites for hydroxylation is 1. The molecule has 452 valence electrons. The zero-order valence-electron chi connectivity index (χ0n) is 49.0. The molecule has 0 bridgehead atoms. The van der Waals surface area contributed by atoms with E-state index in [1.165, 1.54) is 17.7 Å². The number of carbonyl (C=O) groups is 6. The highest BCUT2D eigenvalue weighted by atomic mass is 35.5. The lowest BCUT2D eigenvalue weighted by atomic mass is 9.83. The number of amides is 6. The third-order valence-electron chi connectivity index (χ3n) is 17.1. The average Bonchev–Trinajstić information content (AvgIpc) is 3.88. The maximum Gasteiger partial charge on any atom is 0.246 e. The molecule has 21 heteroatoms. The van der Waals surface area contributed by atoms with E-state index in [1.807, 2.05) is 63.2 Å². The molecule has 9 rings (SSSR count). The summed E-state index contributed by atoms with van der Waals surface area (Å²) in [5.74, 6) is -2.39. The van der Waals surface area contributed by atoms with Crippen molar-refractivity contribution in [3.8, 4) is 0 Å². The van der Waals surface area contributed by atoms with Crippen LogP contribution in [0.1, 0.15) is 106 Å². The molecule has 2 fully saturated rings. The van der Waals surface area contributed by atoms with E-state index >= 15 is 0 Å². The molecule has 1 unspecified atom stereocenters. The molecule has 17 nitrogen and oxygen atoms in total. The maximum absolute atomic E-state index is 14.9. The van der Waals surface area contributed by atoms with Crippen molar-refractivity contribution in [3.05, 3.63) is 130 Å². The molecule has 4 aliphatic heterocycles. The Morgan fingerprint density at radius 1 is 0.892 bits per heavy atom. The molecule has 6 N–H and O–H groups in total. The van der Waals surface area contributed by atoms with E-state index in [-0.39, 0.29) is 118 Å². The Kier molecular flexibility index (Phi) is 22.8. The first kappa shape index (κ1) is 66.4. The molecule has 0 radical (unpaired) electrons. The monoisotopic (exact) mass is 1200 g/mol. The van der Waals surface area contributed by atoms with Crippen molar-refractivity contribution >= 4 is 84.0 Å². The summed E-state index contributed by atoms with van der Waals surface area (Å²) >= 11 is 0. The quantitative estimate of drug-likeness (QED) is 0.0769. The molecule has 0 spiro atoms. The van der Waals surface area contributed by atoms with Crippen LogP contribution < -0.4 is 36.8 Å². The van der Waals surface area contributed by atoms with Crippen molar-refractivity contribution in [1.82, 2.24) is 41.3 Å². The maximum atomic E-state index is 14.9. The molecular formula is C62H84Cl3FN10O7. The van der Waals surface area contributed by atoms with Gasteiger partial charge in [0.05, 0.1) is 43.8 Å². The number of halogens is 4. The van der Waals surface area contributed by atoms with Crippen LogP contribution in [-0.4, -0.2) is 152 Å². The van der Waals surface area contributed by atoms with Crippen molar-refractivity contribution in [3.63, 3.8) is 0 Å². The second-order valence-electron chi connectivity index (χ2n) is 24.1. The fraction of sp³-hybridized carbons (Fsp3) is 0.516. The van der Waals surface area contributed by atoms with Crippen LogP contribution in [0.15, 0.2) is 84.9 Å². The first-order valence-corrected chi connectivity index (χ1v) is 28.5. The van der Waals surface area contributed by atoms with Gasteiger partial charge in [0, 0.05) is 75.2 Å². The highest BCUT2D eigenvalue weighted by Gasteiger charge is 2.48. The van der Waals surface area contributed by atoms with E-state index < -0.39 is 46.7 Å². The molecule has 1 aliphatic carbocycles. The lowest BCUT2D eigenvalue weighted by Gasteiger charge is -2.43. The van der Waals surface area contributed by atoms with Gasteiger partial charge in [-0.25, -0.2) is 4.39 Å². The molecule has 83 heavy (non-hydrogen) atoms. The number of ether oxygens (including phenoxy) is 1. The van der Waals surface area contributed by atoms with Crippen molar-refractivity contribution < 1.29 is 37.9 Å². The summed E-state index contributed by atoms with van der Waals surface area (Å²) in [5.41, 5.74) is 5.41. The van der Waals surface area contributed by atoms with Gasteiger partial charge in [-0.3, -0.25) is 38.6 Å². The van der Waals surface area contributed by atoms with E-state index in [9.17, 15) is 33.2 Å². The molecule has 0 aromatic heterocycles. The minimum absolute atomic E-state index is 0. The Labute approximate surface area is 506 Å². The summed E-state index contributed by atoms with van der Waals surface area (Å²) in [6.45, 7) is 17.7. The van der Waals surface area contributed by atoms with E-state index in [2.05, 4.69) is 61.6 Å². The SMILES string of the molecule is CN[C@@H](C)C(=O)N[C@H](C(=O)N1Cc2cc(NC(=O)CNC(=O)C3(C)CN(C(=O)CN4C[C@@H](C)NC[C@@H]4CN4CCOC[C@H]4C)c4cc(Cc5ccc(F)cc5)ccc43)ccc2C[C@H]1C(=O)N[C@@H]1CCCc2ccccc21)C(C)(C)C.Cl.Cl.Cl. The molecule has 4 aromatic rings. The van der Waals surface area contributed by atoms with Crippen LogP contribution in [0.2, 0.25) is 0 Å². The second kappa shape index (κ2) is 28.5. The number of rotatable bonds is 16. The number of anilines is 2. The molecule has 0 saturated carbocycles. The Hall–Kier alpha value is -5.70. The third-order valence-corrected chi connectivity index (χ3v) is 17.1. The van der Waals surface area contributed by atoms with Gasteiger partial charge in [0.2, 0.25) is 35.4 Å². The van der Waals surface area contributed by atoms with Crippen molar-refractivity contribution in [2.24, 2.45) is 5.41 Å². The molecule has 8 atom stereocenters. The van der Waals surface area contributed by atoms with Gasteiger partial charge in [0.25, 0.3) is 0 Å². The summed E-state index contributed by atoms with van der Waals surface area (Å²) in [7, 11) is 1.67. The first-order valence-electron chi connectivity index (χ1n) is 28.5. The topological polar surface area (TPSA) is 197 Å². The number of hydrogen-bond donors (Lipinski definition) is 6. The molecule has 4 heterocycles. The lowest BCUT2D eigenvalue weighted by Crippen LogP contribution is -2.62. The Morgan fingerprint density at radius 3 is 2.35 bits per heavy atom. The Bertz CT molecular complexity index is 2970. The first-order chi connectivity index (χ1) is 38.2. The molecular weight excluding hydrogens is 1120 g/mol. The van der Waals surface area contributed by atoms with Gasteiger partial charge < -0.3 is 46.4 Å². The third kappa shape index (κ3) is 15.4. The Morgan fingerprint density at radius 2 is 1.63 bits per heavy atom. The van der Waals surface area contributed by atoms with Crippen molar-refractivity contribution in [2.75, 3.05) is 76.3 Å². The second-order valence-corrected chi connectivity index (χ2v) is 24.1. The summed E-state index contributed by atoms with van der Waals surface area (Å²) in [6, 6.07) is 23.5. The number of likely N-dealkylation sites (N-methyl/N-ethyl adjacent to an activating group) is 1. The standard InChI is InChI=1S/C62H81FN10O7.3ClH/c1-38-32-71(48(30-65-38)34-70-24-25-80-36-39(70)2)35-55(75)73-37-62(7,50-23-18-42(27-52(50)73)26-41-16-20-46(63)21-17-41)60(79)66-31-54(74)67-47-22-19-44-29-53(58(77)68-51-15-11-13-43-12-9-10-14-49(43)51)72(33-45(44)28-47)59(78)56(61(4,5)6)69-57(76)40(3)64-8;;;/h9-10,12,14,16-23,27-28,38-40,48,51,53,56,64-65H,11,13,15,24-26,29-37H2,1-8H3,(H,66,79)(H,67,74)(H,68,77)(H,69,76);3*1H/t38-,39-,40+,48-,51-,53+,56-,62?;;;/m1.../s1. The smallest absolute Gasteiger partial charge is 0.246 e. The van der Waals surface area contributed by atoms with E-state index in [0.29, 0.717) is 43.1 Å². The average molecular weight is 1210 g/mol. The fourth-order valence-corrected chi connectivity index (χ4v) is 12.2. The Balaban J connectivity index is 0.00000369. The van der Waals surface area contributed by atoms with Gasteiger partial charge in [-0.2, -0.15) is 0 Å². The van der Waals surface area contributed by atoms with Crippen LogP contribution in [0.3, 0.4) is 0 Å². The predicted molar refractivity (Wildman–Crippen MR) is 328 cm³/mol. The number of nitrogens with zero attached hydrogens (tertiary/aromatic N) is 4. The normalized spacial score (nSPS) is 23.0. The van der Waals surface area contributed by atoms with E-state index in [1.54, 1.807) is 55.0 Å². The van der Waals surface area contributed by atoms with Crippen molar-refractivity contribution in [1.29, 1.82) is 0 Å². The van der Waals surface area contributed by atoms with E-state index in [4.69, 9.17) is 4.74 Å². The summed E-state index contributed by atoms with van der Waals surface area (Å²) in [6.07, 6.45) is 3.31. The van der Waals surface area contributed by atoms with Crippen molar-refractivity contribution in [2.45, 2.75) is 135 Å². The van der Waals surface area contributed by atoms with Gasteiger partial charge in [0.1, 0.15) is 17.9 Å². The largest absolute Gasteiger partial charge is 0.379 e. The minimum atomic E-state index is -1.22. The minimum Gasteiger partial charge on any atom is -0.379 e. The molecule has 6 amide bonds. The highest BCUT2D eigenvalue weighted by molar-refractivity contribution is 6.04.